The van der Waals surface area contributed by atoms with E-state index in [0.717, 1.165) is 50.1 Å². The molecular formula is C24H22BrN3O2. The van der Waals surface area contributed by atoms with Crippen LogP contribution in [0.4, 0.5) is 0 Å². The lowest BCUT2D eigenvalue weighted by molar-refractivity contribution is 0.0601. The molecule has 0 saturated heterocycles. The van der Waals surface area contributed by atoms with Crippen LogP contribution >= 0.6 is 15.9 Å². The van der Waals surface area contributed by atoms with Crippen LogP contribution in [0.25, 0.3) is 22.3 Å². The number of aromatic nitrogens is 3. The van der Waals surface area contributed by atoms with Gasteiger partial charge in [-0.3, -0.25) is 0 Å². The van der Waals surface area contributed by atoms with Gasteiger partial charge in [-0.25, -0.2) is 14.8 Å². The number of pyridine rings is 1. The monoisotopic (exact) mass is 463 g/mol. The predicted molar refractivity (Wildman–Crippen MR) is 122 cm³/mol. The van der Waals surface area contributed by atoms with Gasteiger partial charge in [-0.15, -0.1) is 0 Å². The lowest BCUT2D eigenvalue weighted by atomic mass is 9.98. The number of benzene rings is 2. The van der Waals surface area contributed by atoms with Gasteiger partial charge in [0.15, 0.2) is 5.65 Å². The highest BCUT2D eigenvalue weighted by Crippen LogP contribution is 2.27. The number of esters is 1. The maximum Gasteiger partial charge on any atom is 0.338 e. The van der Waals surface area contributed by atoms with Crippen molar-refractivity contribution in [3.8, 4) is 11.1 Å². The van der Waals surface area contributed by atoms with Gasteiger partial charge in [-0.1, -0.05) is 49.4 Å². The van der Waals surface area contributed by atoms with E-state index in [9.17, 15) is 4.79 Å². The summed E-state index contributed by atoms with van der Waals surface area (Å²) in [5.74, 6) is 0.679. The van der Waals surface area contributed by atoms with E-state index < -0.39 is 0 Å². The standard InChI is InChI=1S/C24H22BrN3O2/c1-4-21-27-22-15(2)20(25)13-26-23(22)28(21)14-16-9-11-17(12-10-16)18-7-5-6-8-19(18)24(29)30-3/h5-13H,4,14H2,1-3H3. The number of rotatable bonds is 5. The minimum atomic E-state index is -0.334. The Labute approximate surface area is 183 Å². The van der Waals surface area contributed by atoms with Gasteiger partial charge in [0, 0.05) is 17.1 Å². The molecule has 4 rings (SSSR count). The van der Waals surface area contributed by atoms with Gasteiger partial charge in [-0.2, -0.15) is 0 Å². The summed E-state index contributed by atoms with van der Waals surface area (Å²) >= 11 is 3.55. The van der Waals surface area contributed by atoms with Gasteiger partial charge in [0.05, 0.1) is 19.2 Å². The van der Waals surface area contributed by atoms with Gasteiger partial charge in [-0.05, 0) is 51.2 Å². The van der Waals surface area contributed by atoms with Crippen LogP contribution < -0.4 is 0 Å². The molecule has 0 radical (unpaired) electrons. The second-order valence-electron chi connectivity index (χ2n) is 7.11. The third-order valence-electron chi connectivity index (χ3n) is 5.29. The van der Waals surface area contributed by atoms with Crippen LogP contribution in [0.15, 0.2) is 59.2 Å². The lowest BCUT2D eigenvalue weighted by Crippen LogP contribution is -2.05. The maximum atomic E-state index is 12.1. The molecule has 6 heteroatoms. The quantitative estimate of drug-likeness (QED) is 0.363. The Morgan fingerprint density at radius 2 is 1.87 bits per heavy atom. The van der Waals surface area contributed by atoms with E-state index in [1.165, 1.54) is 7.11 Å². The number of imidazole rings is 1. The molecule has 152 valence electrons. The Balaban J connectivity index is 1.69. The molecule has 0 unspecified atom stereocenters. The van der Waals surface area contributed by atoms with E-state index in [-0.39, 0.29) is 5.97 Å². The largest absolute Gasteiger partial charge is 0.465 e. The third kappa shape index (κ3) is 3.63. The molecule has 0 atom stereocenters. The predicted octanol–water partition coefficient (Wildman–Crippen LogP) is 5.57. The number of nitrogens with zero attached hydrogens (tertiary/aromatic N) is 3. The van der Waals surface area contributed by atoms with E-state index in [1.54, 1.807) is 6.07 Å². The first kappa shape index (κ1) is 20.3. The van der Waals surface area contributed by atoms with Crippen LogP contribution in [0, 0.1) is 6.92 Å². The average Bonchev–Trinajstić information content (AvgIpc) is 3.14. The van der Waals surface area contributed by atoms with Crippen molar-refractivity contribution in [1.29, 1.82) is 0 Å². The first-order valence-corrected chi connectivity index (χ1v) is 10.6. The van der Waals surface area contributed by atoms with Gasteiger partial charge in [0.2, 0.25) is 0 Å². The zero-order valence-corrected chi connectivity index (χ0v) is 18.7. The fourth-order valence-corrected chi connectivity index (χ4v) is 3.92. The van der Waals surface area contributed by atoms with Gasteiger partial charge in [0.25, 0.3) is 0 Å². The second-order valence-corrected chi connectivity index (χ2v) is 7.96. The topological polar surface area (TPSA) is 57.0 Å². The number of hydrogen-bond acceptors (Lipinski definition) is 4. The van der Waals surface area contributed by atoms with E-state index in [1.807, 2.05) is 36.5 Å². The summed E-state index contributed by atoms with van der Waals surface area (Å²) in [5.41, 5.74) is 6.47. The summed E-state index contributed by atoms with van der Waals surface area (Å²) in [4.78, 5) is 21.5. The SMILES string of the molecule is CCc1nc2c(C)c(Br)cnc2n1Cc1ccc(-c2ccccc2C(=O)OC)cc1. The smallest absolute Gasteiger partial charge is 0.338 e. The van der Waals surface area contributed by atoms with Crippen LogP contribution in [-0.2, 0) is 17.7 Å². The van der Waals surface area contributed by atoms with E-state index in [4.69, 9.17) is 9.72 Å². The van der Waals surface area contributed by atoms with Crippen molar-refractivity contribution >= 4 is 33.1 Å². The Morgan fingerprint density at radius 1 is 1.13 bits per heavy atom. The Morgan fingerprint density at radius 3 is 2.57 bits per heavy atom. The molecule has 2 aromatic carbocycles. The molecule has 0 fully saturated rings. The number of aryl methyl sites for hydroxylation is 2. The van der Waals surface area contributed by atoms with Crippen LogP contribution in [0.3, 0.4) is 0 Å². The zero-order chi connectivity index (χ0) is 21.3. The number of fused-ring (bicyclic) bond motifs is 1. The summed E-state index contributed by atoms with van der Waals surface area (Å²) < 4.78 is 8.06. The average molecular weight is 464 g/mol. The second kappa shape index (κ2) is 8.40. The number of carbonyl (C=O) groups excluding carboxylic acids is 1. The Hall–Kier alpha value is -2.99. The fraction of sp³-hybridized carbons (Fsp3) is 0.208. The summed E-state index contributed by atoms with van der Waals surface area (Å²) in [6, 6.07) is 15.7. The summed E-state index contributed by atoms with van der Waals surface area (Å²) in [6.45, 7) is 4.85. The van der Waals surface area contributed by atoms with Crippen molar-refractivity contribution in [2.45, 2.75) is 26.8 Å². The van der Waals surface area contributed by atoms with Gasteiger partial charge in [0.1, 0.15) is 11.3 Å². The molecule has 4 aromatic rings. The number of ether oxygens (including phenoxy) is 1. The Bertz CT molecular complexity index is 1230. The number of halogens is 1. The highest BCUT2D eigenvalue weighted by molar-refractivity contribution is 9.10. The van der Waals surface area contributed by atoms with E-state index in [0.29, 0.717) is 12.1 Å². The molecule has 0 bridgehead atoms. The van der Waals surface area contributed by atoms with Crippen molar-refractivity contribution < 1.29 is 9.53 Å². The maximum absolute atomic E-state index is 12.1. The summed E-state index contributed by atoms with van der Waals surface area (Å²) in [7, 11) is 1.40. The molecule has 2 heterocycles. The summed E-state index contributed by atoms with van der Waals surface area (Å²) in [5, 5.41) is 0. The fourth-order valence-electron chi connectivity index (χ4n) is 3.63. The van der Waals surface area contributed by atoms with E-state index in [2.05, 4.69) is 51.5 Å². The zero-order valence-electron chi connectivity index (χ0n) is 17.1. The van der Waals surface area contributed by atoms with Crippen LogP contribution in [0.2, 0.25) is 0 Å². The van der Waals surface area contributed by atoms with Crippen molar-refractivity contribution in [3.05, 3.63) is 81.7 Å². The first-order chi connectivity index (χ1) is 14.5. The molecule has 5 nitrogen and oxygen atoms in total. The van der Waals surface area contributed by atoms with Crippen molar-refractivity contribution in [2.24, 2.45) is 0 Å². The molecule has 0 N–H and O–H groups in total. The molecule has 0 spiro atoms. The first-order valence-electron chi connectivity index (χ1n) is 9.80. The molecule has 2 aromatic heterocycles. The van der Waals surface area contributed by atoms with Gasteiger partial charge < -0.3 is 9.30 Å². The molecule has 0 amide bonds. The minimum Gasteiger partial charge on any atom is -0.465 e. The molecule has 30 heavy (non-hydrogen) atoms. The molecular weight excluding hydrogens is 442 g/mol. The van der Waals surface area contributed by atoms with Crippen molar-refractivity contribution in [3.63, 3.8) is 0 Å². The highest BCUT2D eigenvalue weighted by atomic mass is 79.9. The molecule has 0 saturated carbocycles. The number of hydrogen-bond donors (Lipinski definition) is 0. The van der Waals surface area contributed by atoms with Gasteiger partial charge >= 0.3 is 5.97 Å². The molecule has 0 aliphatic heterocycles. The Kier molecular flexibility index (Phi) is 5.68. The number of methoxy groups -OCH3 is 1. The summed E-state index contributed by atoms with van der Waals surface area (Å²) in [6.07, 6.45) is 2.67. The normalized spacial score (nSPS) is 11.1. The third-order valence-corrected chi connectivity index (χ3v) is 6.09. The van der Waals surface area contributed by atoms with Crippen LogP contribution in [0.5, 0.6) is 0 Å². The molecule has 0 aliphatic carbocycles. The minimum absolute atomic E-state index is 0.334. The lowest BCUT2D eigenvalue weighted by Gasteiger charge is -2.11. The molecule has 0 aliphatic rings. The van der Waals surface area contributed by atoms with Crippen molar-refractivity contribution in [1.82, 2.24) is 14.5 Å². The highest BCUT2D eigenvalue weighted by Gasteiger charge is 2.15. The number of carbonyl (C=O) groups is 1. The van der Waals surface area contributed by atoms with Crippen molar-refractivity contribution in [2.75, 3.05) is 7.11 Å². The van der Waals surface area contributed by atoms with Crippen LogP contribution in [-0.4, -0.2) is 27.6 Å². The van der Waals surface area contributed by atoms with E-state index >= 15 is 0 Å². The van der Waals surface area contributed by atoms with Crippen LogP contribution in [0.1, 0.15) is 34.2 Å².